The summed E-state index contributed by atoms with van der Waals surface area (Å²) in [7, 11) is 0. The molecule has 0 saturated heterocycles. The van der Waals surface area contributed by atoms with E-state index in [1.54, 1.807) is 0 Å². The molecule has 1 aromatic heterocycles. The SMILES string of the molecule is CCc1c(C)nc2ccc(Br)cc2c1C=O. The summed E-state index contributed by atoms with van der Waals surface area (Å²) in [5, 5.41) is 0.923. The number of hydrogen-bond donors (Lipinski definition) is 0. The van der Waals surface area contributed by atoms with E-state index in [2.05, 4.69) is 20.9 Å². The summed E-state index contributed by atoms with van der Waals surface area (Å²) in [5.41, 5.74) is 3.63. The van der Waals surface area contributed by atoms with Gasteiger partial charge in [0.25, 0.3) is 0 Å². The number of hydrogen-bond acceptors (Lipinski definition) is 2. The Kier molecular flexibility index (Phi) is 3.06. The minimum absolute atomic E-state index is 0.770. The van der Waals surface area contributed by atoms with Gasteiger partial charge in [0.05, 0.1) is 5.52 Å². The predicted molar refractivity (Wildman–Crippen MR) is 68.9 cm³/mol. The van der Waals surface area contributed by atoms with Gasteiger partial charge in [0.2, 0.25) is 0 Å². The topological polar surface area (TPSA) is 30.0 Å². The third kappa shape index (κ3) is 1.76. The van der Waals surface area contributed by atoms with Gasteiger partial charge in [0.15, 0.2) is 6.29 Å². The van der Waals surface area contributed by atoms with Crippen molar-refractivity contribution in [3.63, 3.8) is 0 Å². The molecule has 16 heavy (non-hydrogen) atoms. The fourth-order valence-electron chi connectivity index (χ4n) is 2.01. The van der Waals surface area contributed by atoms with Crippen molar-refractivity contribution in [1.82, 2.24) is 4.98 Å². The Bertz CT molecular complexity index is 563. The summed E-state index contributed by atoms with van der Waals surface area (Å²) in [6, 6.07) is 5.82. The molecular weight excluding hydrogens is 266 g/mol. The van der Waals surface area contributed by atoms with Crippen LogP contribution in [-0.2, 0) is 6.42 Å². The lowest BCUT2D eigenvalue weighted by atomic mass is 10.00. The molecule has 3 heteroatoms. The van der Waals surface area contributed by atoms with Gasteiger partial charge in [0.1, 0.15) is 0 Å². The minimum Gasteiger partial charge on any atom is -0.298 e. The Morgan fingerprint density at radius 3 is 2.81 bits per heavy atom. The first-order valence-electron chi connectivity index (χ1n) is 5.21. The van der Waals surface area contributed by atoms with Crippen molar-refractivity contribution in [1.29, 1.82) is 0 Å². The first-order chi connectivity index (χ1) is 7.67. The van der Waals surface area contributed by atoms with Crippen molar-refractivity contribution in [3.05, 3.63) is 39.5 Å². The van der Waals surface area contributed by atoms with Gasteiger partial charge in [-0.25, -0.2) is 0 Å². The molecule has 0 saturated carbocycles. The smallest absolute Gasteiger partial charge is 0.151 e. The molecule has 0 amide bonds. The van der Waals surface area contributed by atoms with Crippen LogP contribution in [0.4, 0.5) is 0 Å². The molecule has 0 aliphatic heterocycles. The fourth-order valence-corrected chi connectivity index (χ4v) is 2.37. The van der Waals surface area contributed by atoms with E-state index < -0.39 is 0 Å². The van der Waals surface area contributed by atoms with Crippen LogP contribution in [0.5, 0.6) is 0 Å². The summed E-state index contributed by atoms with van der Waals surface area (Å²) >= 11 is 3.42. The highest BCUT2D eigenvalue weighted by Gasteiger charge is 2.10. The van der Waals surface area contributed by atoms with Gasteiger partial charge in [-0.15, -0.1) is 0 Å². The highest BCUT2D eigenvalue weighted by molar-refractivity contribution is 9.10. The largest absolute Gasteiger partial charge is 0.298 e. The Morgan fingerprint density at radius 1 is 1.44 bits per heavy atom. The lowest BCUT2D eigenvalue weighted by Gasteiger charge is -2.09. The average Bonchev–Trinajstić information content (AvgIpc) is 2.28. The predicted octanol–water partition coefficient (Wildman–Crippen LogP) is 3.68. The molecule has 0 fully saturated rings. The molecule has 2 aromatic rings. The molecule has 0 atom stereocenters. The van der Waals surface area contributed by atoms with E-state index in [0.717, 1.165) is 44.9 Å². The van der Waals surface area contributed by atoms with Crippen molar-refractivity contribution in [3.8, 4) is 0 Å². The quantitative estimate of drug-likeness (QED) is 0.784. The molecule has 0 radical (unpaired) electrons. The fraction of sp³-hybridized carbons (Fsp3) is 0.231. The van der Waals surface area contributed by atoms with Crippen LogP contribution in [0.15, 0.2) is 22.7 Å². The highest BCUT2D eigenvalue weighted by atomic mass is 79.9. The van der Waals surface area contributed by atoms with Crippen LogP contribution in [0, 0.1) is 6.92 Å². The third-order valence-corrected chi connectivity index (χ3v) is 3.26. The maximum absolute atomic E-state index is 11.2. The van der Waals surface area contributed by atoms with E-state index in [1.807, 2.05) is 32.0 Å². The number of aldehydes is 1. The molecule has 0 spiro atoms. The maximum Gasteiger partial charge on any atom is 0.151 e. The van der Waals surface area contributed by atoms with Crippen molar-refractivity contribution < 1.29 is 4.79 Å². The Balaban J connectivity index is 2.91. The zero-order chi connectivity index (χ0) is 11.7. The van der Waals surface area contributed by atoms with E-state index in [4.69, 9.17) is 0 Å². The molecule has 1 heterocycles. The molecule has 0 N–H and O–H groups in total. The van der Waals surface area contributed by atoms with Gasteiger partial charge >= 0.3 is 0 Å². The third-order valence-electron chi connectivity index (χ3n) is 2.77. The molecule has 0 unspecified atom stereocenters. The first-order valence-corrected chi connectivity index (χ1v) is 6.00. The zero-order valence-electron chi connectivity index (χ0n) is 9.25. The van der Waals surface area contributed by atoms with Gasteiger partial charge in [0, 0.05) is 21.1 Å². The van der Waals surface area contributed by atoms with Gasteiger partial charge in [-0.1, -0.05) is 22.9 Å². The maximum atomic E-state index is 11.2. The second-order valence-corrected chi connectivity index (χ2v) is 4.64. The number of carbonyl (C=O) groups is 1. The van der Waals surface area contributed by atoms with Crippen molar-refractivity contribution in [2.45, 2.75) is 20.3 Å². The van der Waals surface area contributed by atoms with Crippen LogP contribution >= 0.6 is 15.9 Å². The molecule has 1 aromatic carbocycles. The number of pyridine rings is 1. The van der Waals surface area contributed by atoms with Gasteiger partial charge in [-0.05, 0) is 37.1 Å². The molecular formula is C13H12BrNO. The van der Waals surface area contributed by atoms with Crippen molar-refractivity contribution >= 4 is 33.1 Å². The average molecular weight is 278 g/mol. The second kappa shape index (κ2) is 4.34. The van der Waals surface area contributed by atoms with E-state index >= 15 is 0 Å². The summed E-state index contributed by atoms with van der Waals surface area (Å²) in [5.74, 6) is 0. The van der Waals surface area contributed by atoms with Crippen molar-refractivity contribution in [2.75, 3.05) is 0 Å². The Morgan fingerprint density at radius 2 is 2.19 bits per heavy atom. The van der Waals surface area contributed by atoms with Gasteiger partial charge in [-0.3, -0.25) is 9.78 Å². The van der Waals surface area contributed by atoms with Crippen LogP contribution in [0.3, 0.4) is 0 Å². The van der Waals surface area contributed by atoms with E-state index in [9.17, 15) is 4.79 Å². The lowest BCUT2D eigenvalue weighted by Crippen LogP contribution is -1.99. The lowest BCUT2D eigenvalue weighted by molar-refractivity contribution is 0.112. The van der Waals surface area contributed by atoms with Gasteiger partial charge < -0.3 is 0 Å². The minimum atomic E-state index is 0.770. The number of aromatic nitrogens is 1. The number of aryl methyl sites for hydroxylation is 1. The first kappa shape index (κ1) is 11.3. The molecule has 0 bridgehead atoms. The zero-order valence-corrected chi connectivity index (χ0v) is 10.8. The summed E-state index contributed by atoms with van der Waals surface area (Å²) in [6.07, 6.45) is 1.76. The van der Waals surface area contributed by atoms with Crippen LogP contribution in [0.2, 0.25) is 0 Å². The normalized spacial score (nSPS) is 10.7. The Labute approximate surface area is 103 Å². The summed E-state index contributed by atoms with van der Waals surface area (Å²) in [4.78, 5) is 15.7. The van der Waals surface area contributed by atoms with E-state index in [0.29, 0.717) is 0 Å². The monoisotopic (exact) mass is 277 g/mol. The molecule has 0 aliphatic rings. The number of carbonyl (C=O) groups excluding carboxylic acids is 1. The number of benzene rings is 1. The van der Waals surface area contributed by atoms with Gasteiger partial charge in [-0.2, -0.15) is 0 Å². The molecule has 2 nitrogen and oxygen atoms in total. The van der Waals surface area contributed by atoms with E-state index in [1.165, 1.54) is 0 Å². The van der Waals surface area contributed by atoms with Crippen LogP contribution < -0.4 is 0 Å². The number of fused-ring (bicyclic) bond motifs is 1. The van der Waals surface area contributed by atoms with Crippen LogP contribution in [-0.4, -0.2) is 11.3 Å². The van der Waals surface area contributed by atoms with E-state index in [-0.39, 0.29) is 0 Å². The molecule has 82 valence electrons. The number of halogens is 1. The number of rotatable bonds is 2. The Hall–Kier alpha value is -1.22. The van der Waals surface area contributed by atoms with Crippen LogP contribution in [0.25, 0.3) is 10.9 Å². The number of nitrogens with zero attached hydrogens (tertiary/aromatic N) is 1. The summed E-state index contributed by atoms with van der Waals surface area (Å²) in [6.45, 7) is 3.99. The molecule has 0 aliphatic carbocycles. The molecule has 2 rings (SSSR count). The van der Waals surface area contributed by atoms with Crippen LogP contribution in [0.1, 0.15) is 28.5 Å². The summed E-state index contributed by atoms with van der Waals surface area (Å²) < 4.78 is 0.968. The highest BCUT2D eigenvalue weighted by Crippen LogP contribution is 2.25. The second-order valence-electron chi connectivity index (χ2n) is 3.72. The standard InChI is InChI=1S/C13H12BrNO/c1-3-10-8(2)15-13-5-4-9(14)6-11(13)12(10)7-16/h4-7H,3H2,1-2H3. The van der Waals surface area contributed by atoms with Crippen molar-refractivity contribution in [2.24, 2.45) is 0 Å².